The van der Waals surface area contributed by atoms with Crippen LogP contribution in [0.4, 0.5) is 10.1 Å². The van der Waals surface area contributed by atoms with E-state index in [0.717, 1.165) is 18.4 Å². The maximum absolute atomic E-state index is 13.6. The number of benzene rings is 2. The lowest BCUT2D eigenvalue weighted by Gasteiger charge is -2.43. The molecule has 2 aliphatic rings. The predicted octanol–water partition coefficient (Wildman–Crippen LogP) is 4.94. The number of aliphatic hydroxyl groups is 1. The molecular formula is C26H28FNO4. The van der Waals surface area contributed by atoms with Gasteiger partial charge in [0.05, 0.1) is 11.3 Å². The van der Waals surface area contributed by atoms with Gasteiger partial charge in [-0.05, 0) is 69.5 Å². The van der Waals surface area contributed by atoms with E-state index in [2.05, 4.69) is 25.2 Å². The number of carbonyl (C=O) groups excluding carboxylic acids is 1. The molecule has 1 amide bonds. The molecule has 2 aromatic rings. The minimum absolute atomic E-state index is 0.347. The van der Waals surface area contributed by atoms with Gasteiger partial charge < -0.3 is 19.9 Å². The Bertz CT molecular complexity index is 1100. The van der Waals surface area contributed by atoms with Gasteiger partial charge in [-0.25, -0.2) is 4.39 Å². The molecule has 0 unspecified atom stereocenters. The smallest absolute Gasteiger partial charge is 0.257 e. The zero-order valence-electron chi connectivity index (χ0n) is 18.7. The summed E-state index contributed by atoms with van der Waals surface area (Å²) in [7, 11) is 1.36. The Morgan fingerprint density at radius 1 is 1.25 bits per heavy atom. The Morgan fingerprint density at radius 3 is 2.62 bits per heavy atom. The largest absolute Gasteiger partial charge is 0.482 e. The number of allylic oxidation sites excluding steroid dienone is 2. The van der Waals surface area contributed by atoms with Crippen molar-refractivity contribution in [1.82, 2.24) is 0 Å². The molecule has 0 aromatic heterocycles. The second-order valence-electron chi connectivity index (χ2n) is 8.85. The lowest BCUT2D eigenvalue weighted by atomic mass is 9.76. The van der Waals surface area contributed by atoms with Crippen LogP contribution in [0.15, 0.2) is 54.1 Å². The minimum Gasteiger partial charge on any atom is -0.482 e. The second kappa shape index (κ2) is 8.19. The van der Waals surface area contributed by atoms with Crippen LogP contribution in [0.5, 0.6) is 5.75 Å². The van der Waals surface area contributed by atoms with Crippen LogP contribution in [0.3, 0.4) is 0 Å². The molecule has 0 spiro atoms. The van der Waals surface area contributed by atoms with Crippen molar-refractivity contribution in [3.8, 4) is 5.75 Å². The standard InChI is InChI=1S/C26H28FNO4/c1-16(2)6-5-14-25(3)15-13-17-7-12-20-21(22(17)32-25)26(30,23(31-4)24(29)28-20)18-8-10-19(27)11-9-18/h6-13,15,23,30H,5,14H2,1-4H3,(H,28,29)/t23-,25-,26+/m1/s1. The molecular weight excluding hydrogens is 409 g/mol. The molecule has 168 valence electrons. The van der Waals surface area contributed by atoms with E-state index in [1.807, 2.05) is 25.1 Å². The van der Waals surface area contributed by atoms with E-state index >= 15 is 0 Å². The SMILES string of the molecule is CO[C@@H]1C(=O)Nc2ccc3c(c2[C@@]1(O)c1ccc(F)cc1)O[C@](C)(CCC=C(C)C)C=C3. The Kier molecular flexibility index (Phi) is 5.69. The van der Waals surface area contributed by atoms with Crippen LogP contribution in [0, 0.1) is 5.82 Å². The molecule has 32 heavy (non-hydrogen) atoms. The summed E-state index contributed by atoms with van der Waals surface area (Å²) in [6.45, 7) is 6.11. The summed E-state index contributed by atoms with van der Waals surface area (Å²) in [6.07, 6.45) is 6.50. The highest BCUT2D eigenvalue weighted by atomic mass is 19.1. The molecule has 0 bridgehead atoms. The zero-order chi connectivity index (χ0) is 23.1. The highest BCUT2D eigenvalue weighted by Gasteiger charge is 2.52. The first-order valence-corrected chi connectivity index (χ1v) is 10.7. The van der Waals surface area contributed by atoms with Gasteiger partial charge in [0.15, 0.2) is 11.7 Å². The molecule has 4 rings (SSSR count). The molecule has 2 N–H and O–H groups in total. The molecule has 5 nitrogen and oxygen atoms in total. The van der Waals surface area contributed by atoms with Crippen molar-refractivity contribution in [2.24, 2.45) is 0 Å². The van der Waals surface area contributed by atoms with Crippen LogP contribution in [0.25, 0.3) is 6.08 Å². The number of hydrogen-bond donors (Lipinski definition) is 2. The second-order valence-corrected chi connectivity index (χ2v) is 8.85. The lowest BCUT2D eigenvalue weighted by molar-refractivity contribution is -0.142. The third kappa shape index (κ3) is 3.74. The van der Waals surface area contributed by atoms with Crippen LogP contribution in [-0.4, -0.2) is 29.8 Å². The highest BCUT2D eigenvalue weighted by Crippen LogP contribution is 2.50. The molecule has 3 atom stereocenters. The van der Waals surface area contributed by atoms with Crippen molar-refractivity contribution < 1.29 is 23.8 Å². The number of halogens is 1. The van der Waals surface area contributed by atoms with Gasteiger partial charge in [0.2, 0.25) is 0 Å². The third-order valence-electron chi connectivity index (χ3n) is 6.11. The number of anilines is 1. The number of methoxy groups -OCH3 is 1. The van der Waals surface area contributed by atoms with Crippen molar-refractivity contribution in [3.05, 3.63) is 76.6 Å². The van der Waals surface area contributed by atoms with E-state index in [0.29, 0.717) is 22.6 Å². The number of hydrogen-bond acceptors (Lipinski definition) is 4. The fraction of sp³-hybridized carbons (Fsp3) is 0.346. The summed E-state index contributed by atoms with van der Waals surface area (Å²) < 4.78 is 25.6. The number of ether oxygens (including phenoxy) is 2. The maximum Gasteiger partial charge on any atom is 0.257 e. The van der Waals surface area contributed by atoms with Gasteiger partial charge in [-0.2, -0.15) is 0 Å². The summed E-state index contributed by atoms with van der Waals surface area (Å²) in [5.74, 6) is -0.434. The van der Waals surface area contributed by atoms with Crippen LogP contribution in [-0.2, 0) is 15.1 Å². The number of rotatable bonds is 5. The molecule has 0 saturated carbocycles. The van der Waals surface area contributed by atoms with Crippen molar-refractivity contribution in [2.75, 3.05) is 12.4 Å². The van der Waals surface area contributed by atoms with E-state index in [1.54, 1.807) is 6.07 Å². The number of amides is 1. The lowest BCUT2D eigenvalue weighted by Crippen LogP contribution is -2.53. The van der Waals surface area contributed by atoms with Gasteiger partial charge in [0.1, 0.15) is 17.2 Å². The molecule has 6 heteroatoms. The van der Waals surface area contributed by atoms with E-state index in [-0.39, 0.29) is 0 Å². The Balaban J connectivity index is 1.87. The number of carbonyl (C=O) groups is 1. The van der Waals surface area contributed by atoms with Crippen molar-refractivity contribution in [2.45, 2.75) is 50.9 Å². The first kappa shape index (κ1) is 22.2. The normalized spacial score (nSPS) is 25.9. The van der Waals surface area contributed by atoms with Gasteiger partial charge in [-0.1, -0.05) is 29.9 Å². The van der Waals surface area contributed by atoms with Crippen LogP contribution >= 0.6 is 0 Å². The molecule has 0 radical (unpaired) electrons. The first-order valence-electron chi connectivity index (χ1n) is 10.7. The zero-order valence-corrected chi connectivity index (χ0v) is 18.7. The van der Waals surface area contributed by atoms with Gasteiger partial charge in [-0.3, -0.25) is 4.79 Å². The van der Waals surface area contributed by atoms with E-state index in [4.69, 9.17) is 9.47 Å². The van der Waals surface area contributed by atoms with Crippen LogP contribution in [0.2, 0.25) is 0 Å². The summed E-state index contributed by atoms with van der Waals surface area (Å²) >= 11 is 0. The Hall–Kier alpha value is -2.96. The Morgan fingerprint density at radius 2 is 1.97 bits per heavy atom. The van der Waals surface area contributed by atoms with Crippen molar-refractivity contribution >= 4 is 17.7 Å². The summed E-state index contributed by atoms with van der Waals surface area (Å²) in [4.78, 5) is 12.8. The van der Waals surface area contributed by atoms with Gasteiger partial charge in [-0.15, -0.1) is 0 Å². The molecule has 2 aliphatic heterocycles. The average Bonchev–Trinajstić information content (AvgIpc) is 2.73. The quantitative estimate of drug-likeness (QED) is 0.651. The van der Waals surface area contributed by atoms with E-state index < -0.39 is 29.0 Å². The maximum atomic E-state index is 13.6. The van der Waals surface area contributed by atoms with Gasteiger partial charge in [0.25, 0.3) is 5.91 Å². The third-order valence-corrected chi connectivity index (χ3v) is 6.11. The molecule has 0 fully saturated rings. The Labute approximate surface area is 187 Å². The molecule has 0 aliphatic carbocycles. The van der Waals surface area contributed by atoms with Crippen molar-refractivity contribution in [1.29, 1.82) is 0 Å². The van der Waals surface area contributed by atoms with Gasteiger partial charge in [0, 0.05) is 12.7 Å². The molecule has 0 saturated heterocycles. The monoisotopic (exact) mass is 437 g/mol. The van der Waals surface area contributed by atoms with E-state index in [9.17, 15) is 14.3 Å². The summed E-state index contributed by atoms with van der Waals surface area (Å²) in [6, 6.07) is 9.04. The summed E-state index contributed by atoms with van der Waals surface area (Å²) in [5, 5.41) is 14.9. The highest BCUT2D eigenvalue weighted by molar-refractivity contribution is 6.00. The van der Waals surface area contributed by atoms with Crippen LogP contribution in [0.1, 0.15) is 50.3 Å². The predicted molar refractivity (Wildman–Crippen MR) is 122 cm³/mol. The summed E-state index contributed by atoms with van der Waals surface area (Å²) in [5.41, 5.74) is 0.762. The first-order chi connectivity index (χ1) is 15.2. The molecule has 2 aromatic carbocycles. The topological polar surface area (TPSA) is 67.8 Å². The average molecular weight is 438 g/mol. The fourth-order valence-electron chi connectivity index (χ4n) is 4.43. The number of fused-ring (bicyclic) bond motifs is 3. The van der Waals surface area contributed by atoms with Crippen molar-refractivity contribution in [3.63, 3.8) is 0 Å². The molecule has 2 heterocycles. The fourth-order valence-corrected chi connectivity index (χ4v) is 4.43. The number of nitrogens with one attached hydrogen (secondary N) is 1. The van der Waals surface area contributed by atoms with Gasteiger partial charge >= 0.3 is 0 Å². The minimum atomic E-state index is -1.86. The van der Waals surface area contributed by atoms with E-state index in [1.165, 1.54) is 36.9 Å². The van der Waals surface area contributed by atoms with Crippen LogP contribution < -0.4 is 10.1 Å².